The third-order valence-electron chi connectivity index (χ3n) is 3.96. The Hall–Kier alpha value is -0.353. The van der Waals surface area contributed by atoms with E-state index in [1.807, 2.05) is 6.07 Å². The maximum Gasteiger partial charge on any atom is 0.171 e. The summed E-state index contributed by atoms with van der Waals surface area (Å²) in [4.78, 5) is 0. The van der Waals surface area contributed by atoms with Gasteiger partial charge in [0.05, 0.1) is 6.10 Å². The fraction of sp³-hybridized carbons (Fsp3) is 0.667. The third kappa shape index (κ3) is 5.38. The van der Waals surface area contributed by atoms with Gasteiger partial charge in [-0.3, -0.25) is 0 Å². The van der Waals surface area contributed by atoms with Crippen LogP contribution >= 0.6 is 11.6 Å². The Kier molecular flexibility index (Phi) is 6.12. The van der Waals surface area contributed by atoms with Gasteiger partial charge in [0.1, 0.15) is 0 Å². The summed E-state index contributed by atoms with van der Waals surface area (Å²) in [6, 6.07) is 7.20. The van der Waals surface area contributed by atoms with Crippen molar-refractivity contribution in [1.82, 2.24) is 5.32 Å². The zero-order valence-electron chi connectivity index (χ0n) is 14.6. The van der Waals surface area contributed by atoms with Crippen molar-refractivity contribution in [3.63, 3.8) is 0 Å². The lowest BCUT2D eigenvalue weighted by atomic mass is 9.84. The fourth-order valence-electron chi connectivity index (χ4n) is 2.67. The van der Waals surface area contributed by atoms with Gasteiger partial charge in [0.15, 0.2) is 9.04 Å². The van der Waals surface area contributed by atoms with Crippen molar-refractivity contribution in [3.8, 4) is 0 Å². The molecule has 1 aliphatic rings. The van der Waals surface area contributed by atoms with Crippen molar-refractivity contribution < 1.29 is 4.43 Å². The standard InChI is InChI=1S/C18H30ClNOSi/c1-18(2,3)17(21-22(4)5)15-12-13(6-9-16(15)19)10-11-20-14-7-8-14/h6,9,12,14,17,20,22H,7-8,10-11H2,1-5H3. The lowest BCUT2D eigenvalue weighted by molar-refractivity contribution is 0.0866. The van der Waals surface area contributed by atoms with E-state index >= 15 is 0 Å². The Balaban J connectivity index is 2.14. The van der Waals surface area contributed by atoms with E-state index in [1.54, 1.807) is 0 Å². The average Bonchev–Trinajstić information content (AvgIpc) is 3.21. The lowest BCUT2D eigenvalue weighted by Gasteiger charge is -2.34. The van der Waals surface area contributed by atoms with Crippen LogP contribution in [-0.4, -0.2) is 21.6 Å². The Morgan fingerprint density at radius 1 is 1.32 bits per heavy atom. The van der Waals surface area contributed by atoms with Crippen molar-refractivity contribution in [1.29, 1.82) is 0 Å². The molecule has 1 fully saturated rings. The molecule has 1 aromatic carbocycles. The van der Waals surface area contributed by atoms with E-state index in [-0.39, 0.29) is 11.5 Å². The third-order valence-corrected chi connectivity index (χ3v) is 5.12. The van der Waals surface area contributed by atoms with Crippen LogP contribution in [0.1, 0.15) is 50.8 Å². The Morgan fingerprint density at radius 3 is 2.55 bits per heavy atom. The van der Waals surface area contributed by atoms with Crippen LogP contribution in [0.2, 0.25) is 18.1 Å². The number of hydrogen-bond acceptors (Lipinski definition) is 2. The first kappa shape index (κ1) is 18.0. The summed E-state index contributed by atoms with van der Waals surface area (Å²) in [5.41, 5.74) is 2.54. The molecule has 2 nitrogen and oxygen atoms in total. The van der Waals surface area contributed by atoms with Gasteiger partial charge in [0, 0.05) is 11.1 Å². The molecular weight excluding hydrogens is 310 g/mol. The number of hydrogen-bond donors (Lipinski definition) is 1. The molecule has 0 saturated heterocycles. The van der Waals surface area contributed by atoms with Gasteiger partial charge in [-0.25, -0.2) is 0 Å². The summed E-state index contributed by atoms with van der Waals surface area (Å²) < 4.78 is 6.33. The Morgan fingerprint density at radius 2 is 2.00 bits per heavy atom. The minimum Gasteiger partial charge on any atom is -0.413 e. The van der Waals surface area contributed by atoms with Crippen molar-refractivity contribution in [2.45, 2.75) is 65.3 Å². The normalized spacial score (nSPS) is 17.0. The SMILES string of the molecule is C[SiH](C)OC(c1cc(CCNC2CC2)ccc1Cl)C(C)(C)C. The summed E-state index contributed by atoms with van der Waals surface area (Å²) in [6.45, 7) is 12.2. The van der Waals surface area contributed by atoms with Gasteiger partial charge < -0.3 is 9.74 Å². The fourth-order valence-corrected chi connectivity index (χ4v) is 3.99. The molecule has 1 saturated carbocycles. The Bertz CT molecular complexity index is 494. The molecule has 0 amide bonds. The van der Waals surface area contributed by atoms with Crippen LogP contribution in [0.5, 0.6) is 0 Å². The minimum atomic E-state index is -1.13. The van der Waals surface area contributed by atoms with E-state index in [2.05, 4.69) is 51.3 Å². The molecule has 0 radical (unpaired) electrons. The molecule has 1 N–H and O–H groups in total. The second-order valence-electron chi connectivity index (χ2n) is 7.77. The molecule has 0 heterocycles. The van der Waals surface area contributed by atoms with Gasteiger partial charge in [-0.05, 0) is 61.5 Å². The zero-order chi connectivity index (χ0) is 16.3. The van der Waals surface area contributed by atoms with Crippen LogP contribution < -0.4 is 5.32 Å². The van der Waals surface area contributed by atoms with Crippen molar-refractivity contribution >= 4 is 20.6 Å². The average molecular weight is 340 g/mol. The summed E-state index contributed by atoms with van der Waals surface area (Å²) in [5, 5.41) is 4.40. The van der Waals surface area contributed by atoms with E-state index in [0.717, 1.165) is 29.6 Å². The molecule has 124 valence electrons. The van der Waals surface area contributed by atoms with Gasteiger partial charge in [0.2, 0.25) is 0 Å². The monoisotopic (exact) mass is 339 g/mol. The molecule has 4 heteroatoms. The molecule has 1 aromatic rings. The smallest absolute Gasteiger partial charge is 0.171 e. The highest BCUT2D eigenvalue weighted by atomic mass is 35.5. The van der Waals surface area contributed by atoms with Crippen molar-refractivity contribution in [2.24, 2.45) is 5.41 Å². The molecule has 2 rings (SSSR count). The van der Waals surface area contributed by atoms with E-state index in [1.165, 1.54) is 18.4 Å². The highest BCUT2D eigenvalue weighted by Gasteiger charge is 2.29. The quantitative estimate of drug-likeness (QED) is 0.725. The van der Waals surface area contributed by atoms with E-state index in [9.17, 15) is 0 Å². The maximum absolute atomic E-state index is 6.49. The summed E-state index contributed by atoms with van der Waals surface area (Å²) in [5.74, 6) is 0. The van der Waals surface area contributed by atoms with Crippen molar-refractivity contribution in [3.05, 3.63) is 34.3 Å². The molecule has 1 unspecified atom stereocenters. The van der Waals surface area contributed by atoms with Gasteiger partial charge in [0.25, 0.3) is 0 Å². The predicted molar refractivity (Wildman–Crippen MR) is 98.3 cm³/mol. The van der Waals surface area contributed by atoms with E-state index in [0.29, 0.717) is 0 Å². The van der Waals surface area contributed by atoms with Crippen LogP contribution in [0, 0.1) is 5.41 Å². The molecule has 22 heavy (non-hydrogen) atoms. The zero-order valence-corrected chi connectivity index (χ0v) is 16.5. The summed E-state index contributed by atoms with van der Waals surface area (Å²) in [6.07, 6.45) is 3.80. The lowest BCUT2D eigenvalue weighted by Crippen LogP contribution is -2.26. The van der Waals surface area contributed by atoms with Gasteiger partial charge in [-0.2, -0.15) is 0 Å². The van der Waals surface area contributed by atoms with Crippen molar-refractivity contribution in [2.75, 3.05) is 6.54 Å². The molecule has 0 spiro atoms. The topological polar surface area (TPSA) is 21.3 Å². The number of benzene rings is 1. The van der Waals surface area contributed by atoms with Crippen LogP contribution in [0.15, 0.2) is 18.2 Å². The summed E-state index contributed by atoms with van der Waals surface area (Å²) in [7, 11) is -1.13. The van der Waals surface area contributed by atoms with Crippen LogP contribution in [0.25, 0.3) is 0 Å². The molecule has 1 aliphatic carbocycles. The summed E-state index contributed by atoms with van der Waals surface area (Å²) >= 11 is 6.49. The van der Waals surface area contributed by atoms with Crippen LogP contribution in [0.4, 0.5) is 0 Å². The first-order valence-electron chi connectivity index (χ1n) is 8.44. The number of nitrogens with one attached hydrogen (secondary N) is 1. The molecule has 0 aliphatic heterocycles. The predicted octanol–water partition coefficient (Wildman–Crippen LogP) is 4.72. The van der Waals surface area contributed by atoms with E-state index in [4.69, 9.17) is 16.0 Å². The minimum absolute atomic E-state index is 0.0474. The highest BCUT2D eigenvalue weighted by Crippen LogP contribution is 2.40. The number of rotatable bonds is 7. The Labute approximate surface area is 142 Å². The van der Waals surface area contributed by atoms with Crippen LogP contribution in [-0.2, 0) is 10.8 Å². The van der Waals surface area contributed by atoms with Gasteiger partial charge >= 0.3 is 0 Å². The first-order chi connectivity index (χ1) is 10.3. The molecular formula is C18H30ClNOSi. The number of halogens is 1. The van der Waals surface area contributed by atoms with Gasteiger partial charge in [-0.15, -0.1) is 0 Å². The molecule has 0 bridgehead atoms. The molecule has 0 aromatic heterocycles. The first-order valence-corrected chi connectivity index (χ1v) is 11.6. The second kappa shape index (κ2) is 7.48. The largest absolute Gasteiger partial charge is 0.413 e. The van der Waals surface area contributed by atoms with E-state index < -0.39 is 9.04 Å². The second-order valence-corrected chi connectivity index (χ2v) is 10.5. The van der Waals surface area contributed by atoms with Gasteiger partial charge in [-0.1, -0.05) is 44.5 Å². The highest BCUT2D eigenvalue weighted by molar-refractivity contribution is 6.48. The molecule has 1 atom stereocenters. The van der Waals surface area contributed by atoms with Crippen LogP contribution in [0.3, 0.4) is 0 Å². The maximum atomic E-state index is 6.49.